The van der Waals surface area contributed by atoms with Crippen molar-refractivity contribution in [3.05, 3.63) is 66.1 Å². The van der Waals surface area contributed by atoms with Crippen LogP contribution < -0.4 is 5.32 Å². The molecule has 5 rings (SSSR count). The molecule has 2 atom stereocenters. The Labute approximate surface area is 198 Å². The summed E-state index contributed by atoms with van der Waals surface area (Å²) in [6.07, 6.45) is 5.22. The van der Waals surface area contributed by atoms with Gasteiger partial charge in [-0.15, -0.1) is 0 Å². The van der Waals surface area contributed by atoms with E-state index >= 15 is 0 Å². The number of nitrogens with zero attached hydrogens (tertiary/aromatic N) is 5. The van der Waals surface area contributed by atoms with Gasteiger partial charge >= 0.3 is 5.97 Å². The molecule has 0 saturated heterocycles. The van der Waals surface area contributed by atoms with Gasteiger partial charge in [-0.2, -0.15) is 5.10 Å². The molecule has 2 N–H and O–H groups in total. The molecule has 1 aliphatic carbocycles. The smallest absolute Gasteiger partial charge is 0.308 e. The fraction of sp³-hybridized carbons (Fsp3) is 0.292. The van der Waals surface area contributed by atoms with Crippen LogP contribution >= 0.6 is 0 Å². The van der Waals surface area contributed by atoms with Gasteiger partial charge in [-0.1, -0.05) is 36.2 Å². The van der Waals surface area contributed by atoms with Crippen molar-refractivity contribution in [2.45, 2.75) is 38.3 Å². The maximum atomic E-state index is 14.6. The highest BCUT2D eigenvalue weighted by molar-refractivity contribution is 5.72. The third-order valence-corrected chi connectivity index (χ3v) is 6.14. The van der Waals surface area contributed by atoms with Crippen molar-refractivity contribution in [2.24, 2.45) is 5.92 Å². The Balaban J connectivity index is 1.49. The van der Waals surface area contributed by atoms with Crippen LogP contribution in [-0.4, -0.2) is 42.0 Å². The van der Waals surface area contributed by atoms with Crippen molar-refractivity contribution >= 4 is 11.8 Å². The van der Waals surface area contributed by atoms with Crippen LogP contribution in [0.3, 0.4) is 0 Å². The summed E-state index contributed by atoms with van der Waals surface area (Å²) < 4.78 is 35.4. The molecule has 2 unspecified atom stereocenters. The van der Waals surface area contributed by atoms with Crippen LogP contribution in [0.2, 0.25) is 0 Å². The third kappa shape index (κ3) is 4.75. The number of nitrogens with one attached hydrogen (secondary N) is 1. The standard InChI is InChI=1S/C24H22F2N6O3/c25-16-7-3-1-5-14(16)13-32-21(19-9-10-35-31-19)11-20(30-32)23-27-12-17(26)22(29-23)28-18-8-4-2-6-15(18)24(33)34/h1,3,5,7,9-12,15,18H,2,4,6,8,13H2,(H,33,34)(H,27,28,29). The van der Waals surface area contributed by atoms with Crippen molar-refractivity contribution in [1.29, 1.82) is 0 Å². The maximum Gasteiger partial charge on any atom is 0.308 e. The molecule has 1 aromatic carbocycles. The van der Waals surface area contributed by atoms with Crippen molar-refractivity contribution in [3.8, 4) is 22.9 Å². The zero-order valence-corrected chi connectivity index (χ0v) is 18.6. The van der Waals surface area contributed by atoms with Gasteiger partial charge in [-0.25, -0.2) is 18.7 Å². The second kappa shape index (κ2) is 9.61. The Kier molecular flexibility index (Phi) is 6.21. The average Bonchev–Trinajstić information content (AvgIpc) is 3.52. The Bertz CT molecular complexity index is 1340. The van der Waals surface area contributed by atoms with Crippen LogP contribution in [0.4, 0.5) is 14.6 Å². The second-order valence-corrected chi connectivity index (χ2v) is 8.42. The highest BCUT2D eigenvalue weighted by Crippen LogP contribution is 2.29. The van der Waals surface area contributed by atoms with Gasteiger partial charge in [-0.05, 0) is 25.0 Å². The first-order valence-electron chi connectivity index (χ1n) is 11.2. The van der Waals surface area contributed by atoms with Crippen LogP contribution in [0, 0.1) is 17.6 Å². The fourth-order valence-electron chi connectivity index (χ4n) is 4.35. The number of aromatic nitrogens is 5. The van der Waals surface area contributed by atoms with Gasteiger partial charge in [0, 0.05) is 17.7 Å². The number of carbonyl (C=O) groups is 1. The molecule has 0 aliphatic heterocycles. The van der Waals surface area contributed by atoms with Gasteiger partial charge in [0.15, 0.2) is 17.5 Å². The van der Waals surface area contributed by atoms with Crippen LogP contribution in [0.5, 0.6) is 0 Å². The summed E-state index contributed by atoms with van der Waals surface area (Å²) in [4.78, 5) is 20.0. The Morgan fingerprint density at radius 3 is 2.74 bits per heavy atom. The van der Waals surface area contributed by atoms with Crippen LogP contribution in [-0.2, 0) is 11.3 Å². The highest BCUT2D eigenvalue weighted by atomic mass is 19.1. The van der Waals surface area contributed by atoms with E-state index in [1.165, 1.54) is 12.3 Å². The van der Waals surface area contributed by atoms with E-state index in [-0.39, 0.29) is 24.0 Å². The molecular formula is C24H22F2N6O3. The number of carboxylic acids is 1. The molecule has 3 heterocycles. The van der Waals surface area contributed by atoms with Gasteiger partial charge in [0.1, 0.15) is 23.5 Å². The predicted molar refractivity (Wildman–Crippen MR) is 121 cm³/mol. The molecule has 3 aromatic heterocycles. The molecule has 1 saturated carbocycles. The zero-order valence-electron chi connectivity index (χ0n) is 18.6. The van der Waals surface area contributed by atoms with E-state index in [1.54, 1.807) is 35.0 Å². The van der Waals surface area contributed by atoms with Gasteiger partial charge in [0.05, 0.1) is 24.4 Å². The molecule has 1 fully saturated rings. The monoisotopic (exact) mass is 480 g/mol. The minimum Gasteiger partial charge on any atom is -0.481 e. The number of hydrogen-bond acceptors (Lipinski definition) is 7. The lowest BCUT2D eigenvalue weighted by atomic mass is 9.84. The van der Waals surface area contributed by atoms with E-state index in [4.69, 9.17) is 4.52 Å². The van der Waals surface area contributed by atoms with Gasteiger partial charge in [0.25, 0.3) is 0 Å². The number of hydrogen-bond donors (Lipinski definition) is 2. The van der Waals surface area contributed by atoms with Crippen molar-refractivity contribution in [1.82, 2.24) is 24.9 Å². The SMILES string of the molecule is O=C(O)C1CCCCC1Nc1nc(-c2cc(-c3ccon3)n(Cc3ccccc3F)n2)ncc1F. The molecule has 1 aliphatic rings. The number of rotatable bonds is 7. The largest absolute Gasteiger partial charge is 0.481 e. The molecule has 4 aromatic rings. The van der Waals surface area contributed by atoms with Gasteiger partial charge in [0.2, 0.25) is 0 Å². The minimum atomic E-state index is -0.916. The second-order valence-electron chi connectivity index (χ2n) is 8.42. The van der Waals surface area contributed by atoms with E-state index in [2.05, 4.69) is 25.5 Å². The first-order valence-corrected chi connectivity index (χ1v) is 11.2. The first-order chi connectivity index (χ1) is 17.0. The summed E-state index contributed by atoms with van der Waals surface area (Å²) >= 11 is 0. The summed E-state index contributed by atoms with van der Waals surface area (Å²) in [5, 5.41) is 21.0. The summed E-state index contributed by atoms with van der Waals surface area (Å²) in [6.45, 7) is 0.115. The normalized spacial score (nSPS) is 17.9. The van der Waals surface area contributed by atoms with E-state index in [1.807, 2.05) is 0 Å². The van der Waals surface area contributed by atoms with Crippen LogP contribution in [0.1, 0.15) is 31.2 Å². The maximum absolute atomic E-state index is 14.6. The summed E-state index contributed by atoms with van der Waals surface area (Å²) in [5.41, 5.74) is 1.76. The topological polar surface area (TPSA) is 119 Å². The molecule has 0 radical (unpaired) electrons. The Morgan fingerprint density at radius 2 is 1.97 bits per heavy atom. The van der Waals surface area contributed by atoms with Crippen molar-refractivity contribution < 1.29 is 23.2 Å². The van der Waals surface area contributed by atoms with Crippen molar-refractivity contribution in [3.63, 3.8) is 0 Å². The van der Waals surface area contributed by atoms with E-state index < -0.39 is 23.7 Å². The van der Waals surface area contributed by atoms with Crippen LogP contribution in [0.15, 0.2) is 53.4 Å². The number of benzene rings is 1. The van der Waals surface area contributed by atoms with Crippen molar-refractivity contribution in [2.75, 3.05) is 5.32 Å². The summed E-state index contributed by atoms with van der Waals surface area (Å²) in [5.74, 6) is -2.55. The predicted octanol–water partition coefficient (Wildman–Crippen LogP) is 4.38. The zero-order chi connectivity index (χ0) is 24.4. The summed E-state index contributed by atoms with van der Waals surface area (Å²) in [6, 6.07) is 9.23. The average molecular weight is 480 g/mol. The quantitative estimate of drug-likeness (QED) is 0.400. The summed E-state index contributed by atoms with van der Waals surface area (Å²) in [7, 11) is 0. The van der Waals surface area contributed by atoms with Gasteiger partial charge in [-0.3, -0.25) is 9.48 Å². The van der Waals surface area contributed by atoms with Gasteiger partial charge < -0.3 is 14.9 Å². The molecule has 35 heavy (non-hydrogen) atoms. The van der Waals surface area contributed by atoms with Crippen LogP contribution in [0.25, 0.3) is 22.9 Å². The third-order valence-electron chi connectivity index (χ3n) is 6.14. The Morgan fingerprint density at radius 1 is 1.14 bits per heavy atom. The first kappa shape index (κ1) is 22.6. The number of anilines is 1. The molecule has 0 bridgehead atoms. The lowest BCUT2D eigenvalue weighted by molar-refractivity contribution is -0.143. The molecule has 11 heteroatoms. The lowest BCUT2D eigenvalue weighted by Gasteiger charge is -2.29. The fourth-order valence-corrected chi connectivity index (χ4v) is 4.35. The minimum absolute atomic E-state index is 0.0835. The number of carboxylic acid groups (broad SMARTS) is 1. The molecule has 0 amide bonds. The number of halogens is 2. The van der Waals surface area contributed by atoms with E-state index in [9.17, 15) is 18.7 Å². The van der Waals surface area contributed by atoms with E-state index in [0.717, 1.165) is 19.0 Å². The highest BCUT2D eigenvalue weighted by Gasteiger charge is 2.31. The molecule has 180 valence electrons. The molecular weight excluding hydrogens is 458 g/mol. The molecule has 0 spiro atoms. The number of aliphatic carboxylic acids is 1. The lowest BCUT2D eigenvalue weighted by Crippen LogP contribution is -2.37. The Hall–Kier alpha value is -4.15. The molecule has 9 nitrogen and oxygen atoms in total. The van der Waals surface area contributed by atoms with E-state index in [0.29, 0.717) is 35.5 Å².